The number of aliphatic hydroxyl groups excluding tert-OH is 1. The van der Waals surface area contributed by atoms with Crippen LogP contribution in [-0.4, -0.2) is 37.7 Å². The van der Waals surface area contributed by atoms with Gasteiger partial charge in [0.2, 0.25) is 9.84 Å². The summed E-state index contributed by atoms with van der Waals surface area (Å²) in [6.07, 6.45) is 2.30. The van der Waals surface area contributed by atoms with E-state index in [-0.39, 0.29) is 22.2 Å². The highest BCUT2D eigenvalue weighted by Gasteiger charge is 2.17. The van der Waals surface area contributed by atoms with Crippen molar-refractivity contribution >= 4 is 45.9 Å². The number of hydrogen-bond acceptors (Lipinski definition) is 5. The van der Waals surface area contributed by atoms with Crippen molar-refractivity contribution in [3.05, 3.63) is 101 Å². The quantitative estimate of drug-likeness (QED) is 0.267. The third-order valence-corrected chi connectivity index (χ3v) is 6.98. The summed E-state index contributed by atoms with van der Waals surface area (Å²) in [5.74, 6) is -1.10. The summed E-state index contributed by atoms with van der Waals surface area (Å²) in [7, 11) is -3.73. The number of aliphatic carboxylic acids is 1. The van der Waals surface area contributed by atoms with Crippen LogP contribution < -0.4 is 5.32 Å². The Hall–Kier alpha value is -2.68. The standard InChI is InChI=1S/C25H24ClNO5S.ClH/c26-21-5-2-4-20(16-21)24(28)17-27-14-13-18-7-10-22(11-8-18)33(31,32)23-6-1-3-19(15-23)9-12-25(29)30;/h1-12,15-16,24,27-28H,13-14,17H2,(H,29,30);1H/b12-9+;/t24-;/m0./s1. The number of carboxylic acids is 1. The molecule has 0 aromatic heterocycles. The zero-order valence-corrected chi connectivity index (χ0v) is 20.5. The highest BCUT2D eigenvalue weighted by atomic mass is 35.5. The molecule has 0 aliphatic rings. The first-order chi connectivity index (χ1) is 15.8. The van der Waals surface area contributed by atoms with Gasteiger partial charge in [0.25, 0.3) is 0 Å². The lowest BCUT2D eigenvalue weighted by atomic mass is 10.1. The van der Waals surface area contributed by atoms with Crippen molar-refractivity contribution in [2.24, 2.45) is 0 Å². The molecule has 0 amide bonds. The van der Waals surface area contributed by atoms with Gasteiger partial charge in [-0.15, -0.1) is 12.4 Å². The van der Waals surface area contributed by atoms with Crippen LogP contribution in [0.3, 0.4) is 0 Å². The Balaban J connectivity index is 0.00000408. The van der Waals surface area contributed by atoms with E-state index in [1.807, 2.05) is 6.07 Å². The fourth-order valence-electron chi connectivity index (χ4n) is 3.23. The van der Waals surface area contributed by atoms with Gasteiger partial charge in [-0.05, 0) is 72.1 Å². The minimum Gasteiger partial charge on any atom is -0.478 e. The molecule has 0 aliphatic heterocycles. The highest BCUT2D eigenvalue weighted by molar-refractivity contribution is 7.91. The average molecular weight is 522 g/mol. The number of carbonyl (C=O) groups is 1. The van der Waals surface area contributed by atoms with Gasteiger partial charge in [0.15, 0.2) is 0 Å². The summed E-state index contributed by atoms with van der Waals surface area (Å²) in [4.78, 5) is 10.9. The fourth-order valence-corrected chi connectivity index (χ4v) is 4.74. The maximum atomic E-state index is 12.9. The molecular weight excluding hydrogens is 497 g/mol. The van der Waals surface area contributed by atoms with E-state index in [0.29, 0.717) is 30.1 Å². The van der Waals surface area contributed by atoms with Crippen LogP contribution >= 0.6 is 24.0 Å². The molecule has 0 saturated heterocycles. The lowest BCUT2D eigenvalue weighted by Gasteiger charge is -2.13. The number of sulfone groups is 1. The summed E-state index contributed by atoms with van der Waals surface area (Å²) < 4.78 is 25.9. The van der Waals surface area contributed by atoms with Gasteiger partial charge in [-0.25, -0.2) is 13.2 Å². The molecule has 1 atom stereocenters. The van der Waals surface area contributed by atoms with Gasteiger partial charge in [0, 0.05) is 17.6 Å². The molecule has 9 heteroatoms. The van der Waals surface area contributed by atoms with Crippen molar-refractivity contribution in [1.29, 1.82) is 0 Å². The number of rotatable bonds is 10. The zero-order chi connectivity index (χ0) is 23.8. The molecule has 0 spiro atoms. The second kappa shape index (κ2) is 12.7. The Morgan fingerprint density at radius 3 is 2.38 bits per heavy atom. The summed E-state index contributed by atoms with van der Waals surface area (Å²) in [5.41, 5.74) is 2.19. The Morgan fingerprint density at radius 1 is 1.00 bits per heavy atom. The molecule has 0 heterocycles. The minimum absolute atomic E-state index is 0. The number of nitrogens with one attached hydrogen (secondary N) is 1. The van der Waals surface area contributed by atoms with Crippen LogP contribution in [0.1, 0.15) is 22.8 Å². The van der Waals surface area contributed by atoms with Crippen LogP contribution in [-0.2, 0) is 21.1 Å². The van der Waals surface area contributed by atoms with E-state index in [4.69, 9.17) is 16.7 Å². The van der Waals surface area contributed by atoms with Crippen LogP contribution in [0, 0.1) is 0 Å². The Kier molecular flexibility index (Phi) is 10.3. The van der Waals surface area contributed by atoms with Crippen molar-refractivity contribution in [3.63, 3.8) is 0 Å². The summed E-state index contributed by atoms with van der Waals surface area (Å²) in [5, 5.41) is 22.7. The average Bonchev–Trinajstić information content (AvgIpc) is 2.81. The Labute approximate surface area is 210 Å². The van der Waals surface area contributed by atoms with Crippen molar-refractivity contribution in [1.82, 2.24) is 5.32 Å². The van der Waals surface area contributed by atoms with Gasteiger partial charge in [-0.2, -0.15) is 0 Å². The predicted molar refractivity (Wildman–Crippen MR) is 135 cm³/mol. The van der Waals surface area contributed by atoms with Crippen molar-refractivity contribution in [2.75, 3.05) is 13.1 Å². The van der Waals surface area contributed by atoms with Gasteiger partial charge < -0.3 is 15.5 Å². The second-order valence-electron chi connectivity index (χ2n) is 7.42. The molecule has 0 aliphatic carbocycles. The maximum Gasteiger partial charge on any atom is 0.328 e. The SMILES string of the molecule is Cl.O=C(O)/C=C/c1cccc(S(=O)(=O)c2ccc(CCNC[C@H](O)c3cccc(Cl)c3)cc2)c1. The van der Waals surface area contributed by atoms with Crippen LogP contribution in [0.5, 0.6) is 0 Å². The first kappa shape index (κ1) is 27.6. The number of carboxylic acid groups (broad SMARTS) is 1. The molecule has 3 aromatic carbocycles. The Bertz CT molecular complexity index is 1240. The summed E-state index contributed by atoms with van der Waals surface area (Å²) in [6.45, 7) is 0.987. The summed E-state index contributed by atoms with van der Waals surface area (Å²) in [6, 6.07) is 19.9. The van der Waals surface area contributed by atoms with Crippen LogP contribution in [0.2, 0.25) is 5.02 Å². The minimum atomic E-state index is -3.73. The van der Waals surface area contributed by atoms with Crippen molar-refractivity contribution in [3.8, 4) is 0 Å². The lowest BCUT2D eigenvalue weighted by molar-refractivity contribution is -0.131. The Morgan fingerprint density at radius 2 is 1.71 bits per heavy atom. The van der Waals surface area contributed by atoms with Gasteiger partial charge in [0.1, 0.15) is 0 Å². The zero-order valence-electron chi connectivity index (χ0n) is 18.1. The molecule has 0 saturated carbocycles. The maximum absolute atomic E-state index is 12.9. The van der Waals surface area contributed by atoms with Crippen molar-refractivity contribution in [2.45, 2.75) is 22.3 Å². The molecule has 0 fully saturated rings. The van der Waals surface area contributed by atoms with Gasteiger partial charge in [-0.1, -0.05) is 48.0 Å². The molecule has 3 N–H and O–H groups in total. The molecule has 180 valence electrons. The molecule has 0 radical (unpaired) electrons. The smallest absolute Gasteiger partial charge is 0.328 e. The topological polar surface area (TPSA) is 104 Å². The molecule has 3 rings (SSSR count). The van der Waals surface area contributed by atoms with Gasteiger partial charge in [-0.3, -0.25) is 0 Å². The first-order valence-electron chi connectivity index (χ1n) is 10.2. The fraction of sp³-hybridized carbons (Fsp3) is 0.160. The second-order valence-corrected chi connectivity index (χ2v) is 9.80. The third-order valence-electron chi connectivity index (χ3n) is 4.98. The number of benzene rings is 3. The normalized spacial score (nSPS) is 12.3. The van der Waals surface area contributed by atoms with Crippen LogP contribution in [0.4, 0.5) is 0 Å². The predicted octanol–water partition coefficient (Wildman–Crippen LogP) is 4.56. The monoisotopic (exact) mass is 521 g/mol. The number of hydrogen-bond donors (Lipinski definition) is 3. The summed E-state index contributed by atoms with van der Waals surface area (Å²) >= 11 is 5.95. The van der Waals surface area contributed by atoms with Gasteiger partial charge >= 0.3 is 5.97 Å². The van der Waals surface area contributed by atoms with E-state index in [9.17, 15) is 18.3 Å². The molecule has 0 bridgehead atoms. The first-order valence-corrected chi connectivity index (χ1v) is 12.1. The molecule has 34 heavy (non-hydrogen) atoms. The van der Waals surface area contributed by atoms with Gasteiger partial charge in [0.05, 0.1) is 15.9 Å². The molecular formula is C25H25Cl2NO5S. The van der Waals surface area contributed by atoms with Crippen molar-refractivity contribution < 1.29 is 23.4 Å². The lowest BCUT2D eigenvalue weighted by Crippen LogP contribution is -2.23. The van der Waals surface area contributed by atoms with E-state index < -0.39 is 21.9 Å². The van der Waals surface area contributed by atoms with Crippen LogP contribution in [0.15, 0.2) is 88.7 Å². The molecule has 6 nitrogen and oxygen atoms in total. The highest BCUT2D eigenvalue weighted by Crippen LogP contribution is 2.23. The van der Waals surface area contributed by atoms with E-state index in [1.165, 1.54) is 18.2 Å². The number of halogens is 2. The molecule has 3 aromatic rings. The largest absolute Gasteiger partial charge is 0.478 e. The molecule has 0 unspecified atom stereocenters. The van der Waals surface area contributed by atoms with E-state index >= 15 is 0 Å². The van der Waals surface area contributed by atoms with E-state index in [0.717, 1.165) is 17.2 Å². The van der Waals surface area contributed by atoms with E-state index in [2.05, 4.69) is 5.32 Å². The van der Waals surface area contributed by atoms with Crippen LogP contribution in [0.25, 0.3) is 6.08 Å². The van der Waals surface area contributed by atoms with E-state index in [1.54, 1.807) is 54.6 Å². The number of aliphatic hydroxyl groups is 1. The third kappa shape index (κ3) is 7.68.